The molecule has 0 aliphatic heterocycles. The van der Waals surface area contributed by atoms with Crippen LogP contribution in [0.25, 0.3) is 10.9 Å². The molecule has 8 nitrogen and oxygen atoms in total. The lowest BCUT2D eigenvalue weighted by atomic mass is 9.95. The van der Waals surface area contributed by atoms with Gasteiger partial charge in [-0.3, -0.25) is 9.48 Å². The molecule has 2 N–H and O–H groups in total. The summed E-state index contributed by atoms with van der Waals surface area (Å²) in [4.78, 5) is 15.4. The zero-order chi connectivity index (χ0) is 20.5. The Hall–Kier alpha value is -3.42. The van der Waals surface area contributed by atoms with Gasteiger partial charge in [-0.1, -0.05) is 36.6 Å². The van der Waals surface area contributed by atoms with Crippen molar-refractivity contribution < 1.29 is 0 Å². The summed E-state index contributed by atoms with van der Waals surface area (Å²) in [5.74, 6) is 0.606. The second-order valence-electron chi connectivity index (χ2n) is 7.96. The highest BCUT2D eigenvalue weighted by molar-refractivity contribution is 5.91. The van der Waals surface area contributed by atoms with Crippen LogP contribution in [0.2, 0.25) is 0 Å². The Labute approximate surface area is 173 Å². The molecule has 8 heteroatoms. The zero-order valence-electron chi connectivity index (χ0n) is 17.0. The average molecular weight is 403 g/mol. The van der Waals surface area contributed by atoms with E-state index in [-0.39, 0.29) is 11.6 Å². The second-order valence-corrected chi connectivity index (χ2v) is 7.96. The molecule has 3 heterocycles. The molecule has 1 unspecified atom stereocenters. The van der Waals surface area contributed by atoms with E-state index >= 15 is 0 Å². The van der Waals surface area contributed by atoms with Crippen LogP contribution in [0.1, 0.15) is 56.7 Å². The van der Waals surface area contributed by atoms with Crippen LogP contribution in [0.15, 0.2) is 53.7 Å². The number of pyridine rings is 1. The van der Waals surface area contributed by atoms with Crippen molar-refractivity contribution in [1.29, 1.82) is 0 Å². The summed E-state index contributed by atoms with van der Waals surface area (Å²) >= 11 is 0. The highest BCUT2D eigenvalue weighted by atomic mass is 16.1. The third kappa shape index (κ3) is 3.38. The molecule has 30 heavy (non-hydrogen) atoms. The largest absolute Gasteiger partial charge is 0.338 e. The van der Waals surface area contributed by atoms with Crippen molar-refractivity contribution in [1.82, 2.24) is 29.8 Å². The van der Waals surface area contributed by atoms with E-state index in [4.69, 9.17) is 5.10 Å². The molecule has 4 aromatic rings. The van der Waals surface area contributed by atoms with Crippen molar-refractivity contribution in [2.75, 3.05) is 5.32 Å². The molecule has 1 atom stereocenters. The van der Waals surface area contributed by atoms with Gasteiger partial charge in [-0.2, -0.15) is 5.10 Å². The van der Waals surface area contributed by atoms with Crippen LogP contribution in [0, 0.1) is 0 Å². The number of nitrogens with zero attached hydrogens (tertiary/aromatic N) is 5. The van der Waals surface area contributed by atoms with Crippen molar-refractivity contribution in [3.05, 3.63) is 64.8 Å². The monoisotopic (exact) mass is 403 g/mol. The summed E-state index contributed by atoms with van der Waals surface area (Å²) in [6.07, 6.45) is 11.2. The van der Waals surface area contributed by atoms with E-state index in [1.54, 1.807) is 12.4 Å². The van der Waals surface area contributed by atoms with Gasteiger partial charge in [0.1, 0.15) is 5.39 Å². The number of rotatable bonds is 5. The standard InChI is InChI=1S/C22H25N7O/c1-15(28-14-13-24-27-28)16-7-9-17(10-8-16)25-21-20-19(11-12-23-22(20)30)29(26-21)18-5-3-2-4-6-18/h7-15,18H,2-6H2,1H3,(H,23,30)(H,25,26). The van der Waals surface area contributed by atoms with Crippen molar-refractivity contribution in [2.24, 2.45) is 0 Å². The van der Waals surface area contributed by atoms with Crippen LogP contribution in [-0.2, 0) is 0 Å². The van der Waals surface area contributed by atoms with Crippen molar-refractivity contribution in [3.8, 4) is 0 Å². The Kier molecular flexibility index (Phi) is 4.82. The molecule has 154 valence electrons. The normalized spacial score (nSPS) is 16.0. The number of aromatic nitrogens is 6. The third-order valence-corrected chi connectivity index (χ3v) is 6.04. The summed E-state index contributed by atoms with van der Waals surface area (Å²) in [7, 11) is 0. The Bertz CT molecular complexity index is 1180. The minimum atomic E-state index is -0.117. The number of fused-ring (bicyclic) bond motifs is 1. The molecular weight excluding hydrogens is 378 g/mol. The molecule has 0 bridgehead atoms. The minimum Gasteiger partial charge on any atom is -0.338 e. The lowest BCUT2D eigenvalue weighted by Crippen LogP contribution is -2.14. The molecule has 0 saturated heterocycles. The van der Waals surface area contributed by atoms with Crippen LogP contribution in [0.3, 0.4) is 0 Å². The van der Waals surface area contributed by atoms with Gasteiger partial charge in [0.2, 0.25) is 0 Å². The first kappa shape index (κ1) is 18.6. The van der Waals surface area contributed by atoms with Gasteiger partial charge >= 0.3 is 0 Å². The van der Waals surface area contributed by atoms with Crippen molar-refractivity contribution in [3.63, 3.8) is 0 Å². The summed E-state index contributed by atoms with van der Waals surface area (Å²) < 4.78 is 3.87. The molecule has 3 aromatic heterocycles. The van der Waals surface area contributed by atoms with Gasteiger partial charge in [-0.05, 0) is 43.5 Å². The second kappa shape index (κ2) is 7.78. The lowest BCUT2D eigenvalue weighted by Gasteiger charge is -2.22. The van der Waals surface area contributed by atoms with Gasteiger partial charge in [-0.15, -0.1) is 5.10 Å². The van der Waals surface area contributed by atoms with Gasteiger partial charge in [0.15, 0.2) is 5.82 Å². The molecular formula is C22H25N7O. The lowest BCUT2D eigenvalue weighted by molar-refractivity contribution is 0.338. The summed E-state index contributed by atoms with van der Waals surface area (Å²) in [6, 6.07) is 10.5. The molecule has 5 rings (SSSR count). The average Bonchev–Trinajstić information content (AvgIpc) is 3.44. The number of hydrogen-bond donors (Lipinski definition) is 2. The number of anilines is 2. The zero-order valence-corrected chi connectivity index (χ0v) is 17.0. The molecule has 1 aliphatic rings. The Morgan fingerprint density at radius 3 is 2.67 bits per heavy atom. The van der Waals surface area contributed by atoms with Crippen LogP contribution < -0.4 is 10.9 Å². The minimum absolute atomic E-state index is 0.0933. The summed E-state index contributed by atoms with van der Waals surface area (Å²) in [6.45, 7) is 2.08. The molecule has 1 aliphatic carbocycles. The van der Waals surface area contributed by atoms with Crippen LogP contribution in [0.4, 0.5) is 11.5 Å². The number of benzene rings is 1. The van der Waals surface area contributed by atoms with Gasteiger partial charge in [0.05, 0.1) is 23.8 Å². The van der Waals surface area contributed by atoms with Gasteiger partial charge in [0.25, 0.3) is 5.56 Å². The van der Waals surface area contributed by atoms with Crippen molar-refractivity contribution >= 4 is 22.4 Å². The Morgan fingerprint density at radius 1 is 1.13 bits per heavy atom. The molecule has 1 fully saturated rings. The smallest absolute Gasteiger partial charge is 0.261 e. The summed E-state index contributed by atoms with van der Waals surface area (Å²) in [5.41, 5.74) is 2.79. The van der Waals surface area contributed by atoms with Crippen LogP contribution in [-0.4, -0.2) is 29.8 Å². The van der Waals surface area contributed by atoms with E-state index in [2.05, 4.69) is 39.7 Å². The van der Waals surface area contributed by atoms with Crippen LogP contribution >= 0.6 is 0 Å². The SMILES string of the molecule is CC(c1ccc(Nc2nn(C3CCCCC3)c3cc[nH]c(=O)c23)cc1)n1ccnn1. The van der Waals surface area contributed by atoms with E-state index in [0.29, 0.717) is 17.2 Å². The maximum atomic E-state index is 12.6. The first-order valence-corrected chi connectivity index (χ1v) is 10.5. The van der Waals surface area contributed by atoms with Crippen molar-refractivity contribution in [2.45, 2.75) is 51.1 Å². The number of hydrogen-bond acceptors (Lipinski definition) is 5. The predicted octanol–water partition coefficient (Wildman–Crippen LogP) is 4.17. The molecule has 0 radical (unpaired) electrons. The maximum Gasteiger partial charge on any atom is 0.261 e. The fourth-order valence-electron chi connectivity index (χ4n) is 4.35. The Balaban J connectivity index is 1.46. The molecule has 0 spiro atoms. The quantitative estimate of drug-likeness (QED) is 0.521. The first-order chi connectivity index (χ1) is 14.7. The Morgan fingerprint density at radius 2 is 1.93 bits per heavy atom. The first-order valence-electron chi connectivity index (χ1n) is 10.5. The van der Waals surface area contributed by atoms with Crippen LogP contribution in [0.5, 0.6) is 0 Å². The maximum absolute atomic E-state index is 12.6. The van der Waals surface area contributed by atoms with E-state index < -0.39 is 0 Å². The van der Waals surface area contributed by atoms with E-state index in [1.165, 1.54) is 19.3 Å². The van der Waals surface area contributed by atoms with E-state index in [9.17, 15) is 4.79 Å². The number of aromatic amines is 1. The number of nitrogens with one attached hydrogen (secondary N) is 2. The van der Waals surface area contributed by atoms with E-state index in [1.807, 2.05) is 33.8 Å². The van der Waals surface area contributed by atoms with Gasteiger partial charge in [0, 0.05) is 18.1 Å². The topological polar surface area (TPSA) is 93.4 Å². The molecule has 1 saturated carbocycles. The molecule has 1 aromatic carbocycles. The highest BCUT2D eigenvalue weighted by Crippen LogP contribution is 2.33. The fourth-order valence-corrected chi connectivity index (χ4v) is 4.35. The highest BCUT2D eigenvalue weighted by Gasteiger charge is 2.22. The van der Waals surface area contributed by atoms with Gasteiger partial charge in [-0.25, -0.2) is 4.68 Å². The number of H-pyrrole nitrogens is 1. The summed E-state index contributed by atoms with van der Waals surface area (Å²) in [5, 5.41) is 16.8. The van der Waals surface area contributed by atoms with E-state index in [0.717, 1.165) is 29.6 Å². The third-order valence-electron chi connectivity index (χ3n) is 6.04. The van der Waals surface area contributed by atoms with Gasteiger partial charge < -0.3 is 10.3 Å². The predicted molar refractivity (Wildman–Crippen MR) is 116 cm³/mol. The molecule has 0 amide bonds. The fraction of sp³-hybridized carbons (Fsp3) is 0.364.